The SMILES string of the molecule is Cc1occc1C(=O)OCc1ncnn1CC(C)C. The van der Waals surface area contributed by atoms with Crippen LogP contribution in [0.2, 0.25) is 0 Å². The first kappa shape index (κ1) is 13.3. The van der Waals surface area contributed by atoms with E-state index in [2.05, 4.69) is 23.9 Å². The molecule has 0 atom stereocenters. The van der Waals surface area contributed by atoms with Gasteiger partial charge in [0.15, 0.2) is 12.4 Å². The number of carbonyl (C=O) groups excluding carboxylic acids is 1. The van der Waals surface area contributed by atoms with Crippen LogP contribution >= 0.6 is 0 Å². The molecule has 0 saturated heterocycles. The van der Waals surface area contributed by atoms with Gasteiger partial charge in [-0.2, -0.15) is 5.10 Å². The summed E-state index contributed by atoms with van der Waals surface area (Å²) in [5, 5.41) is 4.11. The molecular formula is C13H17N3O3. The quantitative estimate of drug-likeness (QED) is 0.773. The van der Waals surface area contributed by atoms with Gasteiger partial charge in [0.05, 0.1) is 6.26 Å². The minimum Gasteiger partial charge on any atom is -0.469 e. The number of aromatic nitrogens is 3. The molecule has 2 aromatic rings. The van der Waals surface area contributed by atoms with Gasteiger partial charge in [-0.25, -0.2) is 14.5 Å². The smallest absolute Gasteiger partial charge is 0.342 e. The average molecular weight is 263 g/mol. The molecule has 19 heavy (non-hydrogen) atoms. The maximum atomic E-state index is 11.8. The molecule has 2 aromatic heterocycles. The van der Waals surface area contributed by atoms with E-state index in [1.807, 2.05) is 0 Å². The van der Waals surface area contributed by atoms with E-state index in [4.69, 9.17) is 9.15 Å². The number of furan rings is 1. The summed E-state index contributed by atoms with van der Waals surface area (Å²) in [6.45, 7) is 6.75. The zero-order valence-corrected chi connectivity index (χ0v) is 11.3. The number of hydrogen-bond donors (Lipinski definition) is 0. The predicted octanol–water partition coefficient (Wildman–Crippen LogP) is 2.19. The van der Waals surface area contributed by atoms with Crippen molar-refractivity contribution in [3.05, 3.63) is 35.8 Å². The molecule has 0 spiro atoms. The Bertz CT molecular complexity index is 557. The molecule has 0 aromatic carbocycles. The molecule has 0 saturated carbocycles. The van der Waals surface area contributed by atoms with Gasteiger partial charge in [0.2, 0.25) is 0 Å². The van der Waals surface area contributed by atoms with Crippen molar-refractivity contribution in [2.45, 2.75) is 33.9 Å². The Morgan fingerprint density at radius 1 is 1.53 bits per heavy atom. The first-order valence-electron chi connectivity index (χ1n) is 6.16. The fourth-order valence-electron chi connectivity index (χ4n) is 1.70. The summed E-state index contributed by atoms with van der Waals surface area (Å²) in [7, 11) is 0. The van der Waals surface area contributed by atoms with E-state index in [-0.39, 0.29) is 6.61 Å². The maximum Gasteiger partial charge on any atom is 0.342 e. The summed E-state index contributed by atoms with van der Waals surface area (Å²) >= 11 is 0. The first-order valence-corrected chi connectivity index (χ1v) is 6.16. The van der Waals surface area contributed by atoms with Crippen LogP contribution < -0.4 is 0 Å². The molecule has 0 aliphatic rings. The van der Waals surface area contributed by atoms with Crippen LogP contribution in [0.25, 0.3) is 0 Å². The number of rotatable bonds is 5. The van der Waals surface area contributed by atoms with Crippen molar-refractivity contribution in [3.8, 4) is 0 Å². The summed E-state index contributed by atoms with van der Waals surface area (Å²) in [5.41, 5.74) is 0.440. The first-order chi connectivity index (χ1) is 9.08. The van der Waals surface area contributed by atoms with Crippen LogP contribution in [0.1, 0.15) is 35.8 Å². The molecule has 0 aliphatic heterocycles. The Balaban J connectivity index is 1.98. The summed E-state index contributed by atoms with van der Waals surface area (Å²) in [5.74, 6) is 1.23. The van der Waals surface area contributed by atoms with E-state index in [9.17, 15) is 4.79 Å². The van der Waals surface area contributed by atoms with Gasteiger partial charge in [0, 0.05) is 6.54 Å². The van der Waals surface area contributed by atoms with Crippen molar-refractivity contribution in [2.24, 2.45) is 5.92 Å². The largest absolute Gasteiger partial charge is 0.469 e. The summed E-state index contributed by atoms with van der Waals surface area (Å²) < 4.78 is 12.0. The predicted molar refractivity (Wildman–Crippen MR) is 67.4 cm³/mol. The highest BCUT2D eigenvalue weighted by Gasteiger charge is 2.14. The average Bonchev–Trinajstić information content (AvgIpc) is 2.94. The van der Waals surface area contributed by atoms with Gasteiger partial charge in [-0.1, -0.05) is 13.8 Å². The molecule has 0 N–H and O–H groups in total. The number of ether oxygens (including phenoxy) is 1. The lowest BCUT2D eigenvalue weighted by atomic mass is 10.2. The van der Waals surface area contributed by atoms with Crippen LogP contribution in [-0.4, -0.2) is 20.7 Å². The Hall–Kier alpha value is -2.11. The Labute approximate surface area is 111 Å². The third-order valence-electron chi connectivity index (χ3n) is 2.64. The van der Waals surface area contributed by atoms with Crippen molar-refractivity contribution in [3.63, 3.8) is 0 Å². The normalized spacial score (nSPS) is 10.9. The Morgan fingerprint density at radius 2 is 2.32 bits per heavy atom. The lowest BCUT2D eigenvalue weighted by Gasteiger charge is -2.08. The van der Waals surface area contributed by atoms with Crippen molar-refractivity contribution >= 4 is 5.97 Å². The topological polar surface area (TPSA) is 70.2 Å². The molecule has 6 heteroatoms. The standard InChI is InChI=1S/C13H17N3O3/c1-9(2)6-16-12(14-8-15-16)7-19-13(17)11-4-5-18-10(11)3/h4-5,8-9H,6-7H2,1-3H3. The molecule has 0 radical (unpaired) electrons. The third-order valence-corrected chi connectivity index (χ3v) is 2.64. The van der Waals surface area contributed by atoms with Crippen LogP contribution in [0.4, 0.5) is 0 Å². The van der Waals surface area contributed by atoms with Crippen LogP contribution in [0.15, 0.2) is 23.1 Å². The molecule has 102 valence electrons. The van der Waals surface area contributed by atoms with Crippen molar-refractivity contribution in [1.82, 2.24) is 14.8 Å². The molecule has 0 unspecified atom stereocenters. The van der Waals surface area contributed by atoms with Gasteiger partial charge in [0.25, 0.3) is 0 Å². The Kier molecular flexibility index (Phi) is 3.99. The Morgan fingerprint density at radius 3 is 2.95 bits per heavy atom. The minimum atomic E-state index is -0.412. The van der Waals surface area contributed by atoms with Crippen LogP contribution in [-0.2, 0) is 17.9 Å². The lowest BCUT2D eigenvalue weighted by Crippen LogP contribution is -2.13. The molecule has 2 heterocycles. The number of nitrogens with zero attached hydrogens (tertiary/aromatic N) is 3. The highest BCUT2D eigenvalue weighted by atomic mass is 16.5. The van der Waals surface area contributed by atoms with Gasteiger partial charge in [-0.15, -0.1) is 0 Å². The van der Waals surface area contributed by atoms with Gasteiger partial charge in [0.1, 0.15) is 17.7 Å². The molecule has 0 aliphatic carbocycles. The second kappa shape index (κ2) is 5.69. The molecule has 2 rings (SSSR count). The van der Waals surface area contributed by atoms with E-state index < -0.39 is 5.97 Å². The molecular weight excluding hydrogens is 246 g/mol. The van der Waals surface area contributed by atoms with Crippen molar-refractivity contribution < 1.29 is 13.9 Å². The summed E-state index contributed by atoms with van der Waals surface area (Å²) in [4.78, 5) is 15.9. The molecule has 6 nitrogen and oxygen atoms in total. The fraction of sp³-hybridized carbons (Fsp3) is 0.462. The number of carbonyl (C=O) groups is 1. The van der Waals surface area contributed by atoms with Gasteiger partial charge < -0.3 is 9.15 Å². The number of esters is 1. The van der Waals surface area contributed by atoms with Crippen LogP contribution in [0.3, 0.4) is 0 Å². The van der Waals surface area contributed by atoms with Gasteiger partial charge >= 0.3 is 5.97 Å². The zero-order valence-electron chi connectivity index (χ0n) is 11.3. The van der Waals surface area contributed by atoms with E-state index >= 15 is 0 Å². The lowest BCUT2D eigenvalue weighted by molar-refractivity contribution is 0.0454. The van der Waals surface area contributed by atoms with Crippen molar-refractivity contribution in [1.29, 1.82) is 0 Å². The van der Waals surface area contributed by atoms with E-state index in [0.717, 1.165) is 6.54 Å². The van der Waals surface area contributed by atoms with Crippen molar-refractivity contribution in [2.75, 3.05) is 0 Å². The molecule has 0 fully saturated rings. The minimum absolute atomic E-state index is 0.107. The van der Waals surface area contributed by atoms with E-state index in [1.165, 1.54) is 12.6 Å². The molecule has 0 bridgehead atoms. The number of aryl methyl sites for hydroxylation is 1. The monoisotopic (exact) mass is 263 g/mol. The second-order valence-corrected chi connectivity index (χ2v) is 4.72. The maximum absolute atomic E-state index is 11.8. The van der Waals surface area contributed by atoms with Crippen LogP contribution in [0.5, 0.6) is 0 Å². The highest BCUT2D eigenvalue weighted by molar-refractivity contribution is 5.90. The fourth-order valence-corrected chi connectivity index (χ4v) is 1.70. The molecule has 0 amide bonds. The van der Waals surface area contributed by atoms with Crippen LogP contribution in [0, 0.1) is 12.8 Å². The van der Waals surface area contributed by atoms with Gasteiger partial charge in [-0.05, 0) is 18.9 Å². The second-order valence-electron chi connectivity index (χ2n) is 4.72. The van der Waals surface area contributed by atoms with Gasteiger partial charge in [-0.3, -0.25) is 0 Å². The highest BCUT2D eigenvalue weighted by Crippen LogP contribution is 2.11. The zero-order chi connectivity index (χ0) is 13.8. The third kappa shape index (κ3) is 3.21. The van der Waals surface area contributed by atoms with E-state index in [1.54, 1.807) is 17.7 Å². The van der Waals surface area contributed by atoms with E-state index in [0.29, 0.717) is 23.1 Å². The number of hydrogen-bond acceptors (Lipinski definition) is 5. The summed E-state index contributed by atoms with van der Waals surface area (Å²) in [6.07, 6.45) is 2.93. The summed E-state index contributed by atoms with van der Waals surface area (Å²) in [6, 6.07) is 1.59.